The van der Waals surface area contributed by atoms with Crippen LogP contribution in [0.3, 0.4) is 0 Å². The Hall–Kier alpha value is -3.45. The number of halogens is 1. The lowest BCUT2D eigenvalue weighted by molar-refractivity contribution is -0.123. The summed E-state index contributed by atoms with van der Waals surface area (Å²) in [6.07, 6.45) is 1.50. The van der Waals surface area contributed by atoms with Crippen molar-refractivity contribution in [2.75, 3.05) is 6.61 Å². The molecule has 33 heavy (non-hydrogen) atoms. The minimum Gasteiger partial charge on any atom is -0.483 e. The summed E-state index contributed by atoms with van der Waals surface area (Å²) in [5.74, 6) is 0.602. The molecule has 0 radical (unpaired) electrons. The summed E-state index contributed by atoms with van der Waals surface area (Å²) in [7, 11) is 0. The van der Waals surface area contributed by atoms with Crippen LogP contribution in [0.1, 0.15) is 46.8 Å². The maximum absolute atomic E-state index is 12.2. The number of esters is 1. The molecule has 0 bridgehead atoms. The highest BCUT2D eigenvalue weighted by Crippen LogP contribution is 2.27. The first-order valence-electron chi connectivity index (χ1n) is 10.4. The Bertz CT molecular complexity index is 1160. The normalized spacial score (nSPS) is 10.9. The Morgan fingerprint density at radius 2 is 1.82 bits per heavy atom. The fourth-order valence-electron chi connectivity index (χ4n) is 3.00. The van der Waals surface area contributed by atoms with E-state index in [9.17, 15) is 9.59 Å². The molecule has 0 fully saturated rings. The molecule has 3 aromatic carbocycles. The van der Waals surface area contributed by atoms with E-state index in [0.717, 1.165) is 21.2 Å². The number of carbonyl (C=O) groups is 2. The quantitative estimate of drug-likeness (QED) is 0.185. The second-order valence-corrected chi connectivity index (χ2v) is 8.66. The highest BCUT2D eigenvalue weighted by molar-refractivity contribution is 9.10. The van der Waals surface area contributed by atoms with Gasteiger partial charge in [0.15, 0.2) is 6.61 Å². The molecule has 0 aliphatic heterocycles. The molecule has 0 atom stereocenters. The van der Waals surface area contributed by atoms with E-state index in [4.69, 9.17) is 9.47 Å². The zero-order valence-electron chi connectivity index (χ0n) is 18.7. The molecule has 7 heteroatoms. The standard InChI is InChI=1S/C26H25BrN2O4/c1-17(2)23-12-7-18(3)13-24(23)32-16-25(30)29-28-15-19-8-10-22(11-9-19)33-26(31)20-5-4-6-21(27)14-20/h4-15,17H,16H2,1-3H3,(H,29,30)/b28-15-. The Kier molecular flexibility index (Phi) is 8.38. The third-order valence-corrected chi connectivity index (χ3v) is 5.20. The van der Waals surface area contributed by atoms with Gasteiger partial charge in [-0.3, -0.25) is 4.79 Å². The Morgan fingerprint density at radius 3 is 2.52 bits per heavy atom. The SMILES string of the molecule is Cc1ccc(C(C)C)c(OCC(=O)N/N=C\c2ccc(OC(=O)c3cccc(Br)c3)cc2)c1. The van der Waals surface area contributed by atoms with Gasteiger partial charge in [-0.15, -0.1) is 0 Å². The number of amides is 1. The van der Waals surface area contributed by atoms with Gasteiger partial charge in [-0.1, -0.05) is 48.0 Å². The molecule has 170 valence electrons. The Balaban J connectivity index is 1.50. The molecule has 3 rings (SSSR count). The van der Waals surface area contributed by atoms with Crippen LogP contribution in [0.15, 0.2) is 76.3 Å². The van der Waals surface area contributed by atoms with Gasteiger partial charge in [0.2, 0.25) is 0 Å². The van der Waals surface area contributed by atoms with Crippen LogP contribution in [-0.2, 0) is 4.79 Å². The highest BCUT2D eigenvalue weighted by atomic mass is 79.9. The van der Waals surface area contributed by atoms with Crippen LogP contribution in [-0.4, -0.2) is 24.7 Å². The number of hydrazone groups is 1. The zero-order valence-corrected chi connectivity index (χ0v) is 20.3. The Labute approximate surface area is 201 Å². The molecule has 0 unspecified atom stereocenters. The van der Waals surface area contributed by atoms with Gasteiger partial charge in [0.1, 0.15) is 11.5 Å². The van der Waals surface area contributed by atoms with Crippen LogP contribution < -0.4 is 14.9 Å². The number of rotatable bonds is 8. The number of hydrogen-bond donors (Lipinski definition) is 1. The predicted molar refractivity (Wildman–Crippen MR) is 132 cm³/mol. The van der Waals surface area contributed by atoms with Crippen molar-refractivity contribution in [2.45, 2.75) is 26.7 Å². The van der Waals surface area contributed by atoms with Crippen molar-refractivity contribution in [2.24, 2.45) is 5.10 Å². The van der Waals surface area contributed by atoms with Crippen molar-refractivity contribution < 1.29 is 19.1 Å². The number of nitrogens with zero attached hydrogens (tertiary/aromatic N) is 1. The summed E-state index contributed by atoms with van der Waals surface area (Å²) >= 11 is 3.33. The minimum atomic E-state index is -0.445. The zero-order chi connectivity index (χ0) is 23.8. The minimum absolute atomic E-state index is 0.134. The van der Waals surface area contributed by atoms with E-state index >= 15 is 0 Å². The van der Waals surface area contributed by atoms with Crippen molar-refractivity contribution in [1.29, 1.82) is 0 Å². The van der Waals surface area contributed by atoms with E-state index in [2.05, 4.69) is 40.3 Å². The maximum Gasteiger partial charge on any atom is 0.343 e. The van der Waals surface area contributed by atoms with Crippen LogP contribution in [0.25, 0.3) is 0 Å². The Morgan fingerprint density at radius 1 is 1.06 bits per heavy atom. The highest BCUT2D eigenvalue weighted by Gasteiger charge is 2.10. The smallest absolute Gasteiger partial charge is 0.343 e. The fourth-order valence-corrected chi connectivity index (χ4v) is 3.40. The van der Waals surface area contributed by atoms with Crippen molar-refractivity contribution in [3.05, 3.63) is 93.5 Å². The second kappa shape index (κ2) is 11.4. The van der Waals surface area contributed by atoms with E-state index < -0.39 is 5.97 Å². The van der Waals surface area contributed by atoms with Crippen LogP contribution in [0.4, 0.5) is 0 Å². The molecule has 0 heterocycles. The first-order chi connectivity index (χ1) is 15.8. The number of carbonyl (C=O) groups excluding carboxylic acids is 2. The van der Waals surface area contributed by atoms with E-state index in [-0.39, 0.29) is 12.5 Å². The molecule has 6 nitrogen and oxygen atoms in total. The number of ether oxygens (including phenoxy) is 2. The molecule has 3 aromatic rings. The molecule has 0 aliphatic rings. The van der Waals surface area contributed by atoms with Crippen molar-refractivity contribution in [3.8, 4) is 11.5 Å². The molecule has 0 saturated carbocycles. The first-order valence-corrected chi connectivity index (χ1v) is 11.2. The molecule has 0 saturated heterocycles. The number of nitrogens with one attached hydrogen (secondary N) is 1. The van der Waals surface area contributed by atoms with Gasteiger partial charge < -0.3 is 9.47 Å². The number of hydrogen-bond acceptors (Lipinski definition) is 5. The summed E-state index contributed by atoms with van der Waals surface area (Å²) < 4.78 is 11.9. The summed E-state index contributed by atoms with van der Waals surface area (Å²) in [5, 5.41) is 3.96. The monoisotopic (exact) mass is 508 g/mol. The van der Waals surface area contributed by atoms with Crippen molar-refractivity contribution in [3.63, 3.8) is 0 Å². The molecular weight excluding hydrogens is 484 g/mol. The summed E-state index contributed by atoms with van der Waals surface area (Å²) in [6, 6.07) is 19.7. The average molecular weight is 509 g/mol. The molecular formula is C26H25BrN2O4. The third-order valence-electron chi connectivity index (χ3n) is 4.70. The van der Waals surface area contributed by atoms with E-state index in [1.54, 1.807) is 42.5 Å². The molecule has 1 N–H and O–H groups in total. The van der Waals surface area contributed by atoms with Gasteiger partial charge in [0.05, 0.1) is 11.8 Å². The van der Waals surface area contributed by atoms with Gasteiger partial charge >= 0.3 is 5.97 Å². The first kappa shape index (κ1) is 24.2. The molecule has 0 aromatic heterocycles. The lowest BCUT2D eigenvalue weighted by Crippen LogP contribution is -2.25. The van der Waals surface area contributed by atoms with E-state index in [1.165, 1.54) is 6.21 Å². The fraction of sp³-hybridized carbons (Fsp3) is 0.192. The van der Waals surface area contributed by atoms with Gasteiger partial charge in [-0.05, 0) is 78.1 Å². The summed E-state index contributed by atoms with van der Waals surface area (Å²) in [4.78, 5) is 24.3. The average Bonchev–Trinajstić information content (AvgIpc) is 2.78. The molecule has 0 aliphatic carbocycles. The van der Waals surface area contributed by atoms with E-state index in [0.29, 0.717) is 23.0 Å². The summed E-state index contributed by atoms with van der Waals surface area (Å²) in [5.41, 5.74) is 5.76. The predicted octanol–water partition coefficient (Wildman–Crippen LogP) is 5.63. The number of aryl methyl sites for hydroxylation is 1. The lowest BCUT2D eigenvalue weighted by Gasteiger charge is -2.14. The second-order valence-electron chi connectivity index (χ2n) is 7.75. The number of benzene rings is 3. The van der Waals surface area contributed by atoms with E-state index in [1.807, 2.05) is 31.2 Å². The van der Waals surface area contributed by atoms with Gasteiger partial charge in [-0.2, -0.15) is 5.10 Å². The largest absolute Gasteiger partial charge is 0.483 e. The summed E-state index contributed by atoms with van der Waals surface area (Å²) in [6.45, 7) is 6.00. The lowest BCUT2D eigenvalue weighted by atomic mass is 10.0. The van der Waals surface area contributed by atoms with Crippen LogP contribution in [0.5, 0.6) is 11.5 Å². The maximum atomic E-state index is 12.2. The van der Waals surface area contributed by atoms with Crippen molar-refractivity contribution in [1.82, 2.24) is 5.43 Å². The van der Waals surface area contributed by atoms with Gasteiger partial charge in [0.25, 0.3) is 5.91 Å². The topological polar surface area (TPSA) is 77.0 Å². The van der Waals surface area contributed by atoms with Gasteiger partial charge in [-0.25, -0.2) is 10.2 Å². The van der Waals surface area contributed by atoms with Crippen molar-refractivity contribution >= 4 is 34.0 Å². The molecule has 1 amide bonds. The van der Waals surface area contributed by atoms with Crippen LogP contribution >= 0.6 is 15.9 Å². The van der Waals surface area contributed by atoms with Gasteiger partial charge in [0, 0.05) is 4.47 Å². The van der Waals surface area contributed by atoms with Crippen LogP contribution in [0, 0.1) is 6.92 Å². The third kappa shape index (κ3) is 7.29. The molecule has 0 spiro atoms. The van der Waals surface area contributed by atoms with Crippen LogP contribution in [0.2, 0.25) is 0 Å².